The zero-order chi connectivity index (χ0) is 9.19. The van der Waals surface area contributed by atoms with Crippen LogP contribution in [0.2, 0.25) is 0 Å². The van der Waals surface area contributed by atoms with Crippen LogP contribution in [0.15, 0.2) is 23.1 Å². The Kier molecular flexibility index (Phi) is 3.02. The van der Waals surface area contributed by atoms with Crippen molar-refractivity contribution in [2.45, 2.75) is 31.4 Å². The van der Waals surface area contributed by atoms with E-state index in [-0.39, 0.29) is 11.4 Å². The lowest BCUT2D eigenvalue weighted by Crippen LogP contribution is -2.17. The lowest BCUT2D eigenvalue weighted by atomic mass is 10.0. The molecular weight excluding hydrogens is 168 g/mol. The largest absolute Gasteiger partial charge is 0.396 e. The summed E-state index contributed by atoms with van der Waals surface area (Å²) in [7, 11) is 0. The Balaban J connectivity index is 2.55. The number of hydrogen-bond donors (Lipinski definition) is 1. The van der Waals surface area contributed by atoms with Crippen LogP contribution in [-0.4, -0.2) is 16.5 Å². The average molecular weight is 184 g/mol. The first kappa shape index (κ1) is 9.87. The molecule has 12 heavy (non-hydrogen) atoms. The molecule has 2 heteroatoms. The van der Waals surface area contributed by atoms with Crippen LogP contribution in [0.3, 0.4) is 0 Å². The summed E-state index contributed by atoms with van der Waals surface area (Å²) >= 11 is 1.85. The molecule has 0 saturated carbocycles. The maximum absolute atomic E-state index is 8.86. The fourth-order valence-electron chi connectivity index (χ4n) is 1.31. The average Bonchev–Trinajstić information content (AvgIpc) is 2.33. The Morgan fingerprint density at radius 2 is 2.50 bits per heavy atom. The molecule has 1 nitrogen and oxygen atoms in total. The van der Waals surface area contributed by atoms with Gasteiger partial charge in [-0.1, -0.05) is 12.7 Å². The Labute approximate surface area is 78.6 Å². The van der Waals surface area contributed by atoms with Gasteiger partial charge in [0.05, 0.1) is 0 Å². The summed E-state index contributed by atoms with van der Waals surface area (Å²) in [6, 6.07) is 0. The van der Waals surface area contributed by atoms with E-state index in [1.807, 2.05) is 18.7 Å². The maximum atomic E-state index is 8.86. The number of rotatable bonds is 3. The summed E-state index contributed by atoms with van der Waals surface area (Å²) in [5, 5.41) is 8.86. The van der Waals surface area contributed by atoms with Gasteiger partial charge in [-0.3, -0.25) is 0 Å². The summed E-state index contributed by atoms with van der Waals surface area (Å²) in [5.41, 5.74) is 1.14. The second-order valence-corrected chi connectivity index (χ2v) is 5.21. The van der Waals surface area contributed by atoms with E-state index >= 15 is 0 Å². The van der Waals surface area contributed by atoms with Crippen molar-refractivity contribution in [3.8, 4) is 0 Å². The van der Waals surface area contributed by atoms with Gasteiger partial charge in [0.1, 0.15) is 0 Å². The van der Waals surface area contributed by atoms with Crippen molar-refractivity contribution in [2.24, 2.45) is 0 Å². The fourth-order valence-corrected chi connectivity index (χ4v) is 2.54. The van der Waals surface area contributed by atoms with Gasteiger partial charge in [0, 0.05) is 16.3 Å². The highest BCUT2D eigenvalue weighted by Crippen LogP contribution is 2.46. The van der Waals surface area contributed by atoms with E-state index in [9.17, 15) is 0 Å². The first-order chi connectivity index (χ1) is 5.57. The molecule has 0 aromatic heterocycles. The molecule has 0 bridgehead atoms. The van der Waals surface area contributed by atoms with Crippen molar-refractivity contribution in [3.05, 3.63) is 23.1 Å². The topological polar surface area (TPSA) is 20.2 Å². The highest BCUT2D eigenvalue weighted by Gasteiger charge is 2.29. The predicted octanol–water partition coefficient (Wildman–Crippen LogP) is 2.72. The van der Waals surface area contributed by atoms with E-state index in [2.05, 4.69) is 19.6 Å². The molecule has 0 spiro atoms. The third-order valence-corrected chi connectivity index (χ3v) is 3.74. The van der Waals surface area contributed by atoms with Crippen LogP contribution < -0.4 is 0 Å². The van der Waals surface area contributed by atoms with Gasteiger partial charge in [0.25, 0.3) is 0 Å². The van der Waals surface area contributed by atoms with Crippen molar-refractivity contribution >= 4 is 11.8 Å². The van der Waals surface area contributed by atoms with Crippen LogP contribution in [0.25, 0.3) is 0 Å². The molecule has 1 heterocycles. The molecule has 1 unspecified atom stereocenters. The van der Waals surface area contributed by atoms with Crippen LogP contribution in [0.5, 0.6) is 0 Å². The van der Waals surface area contributed by atoms with E-state index in [1.54, 1.807) is 0 Å². The van der Waals surface area contributed by atoms with Crippen molar-refractivity contribution < 1.29 is 5.11 Å². The summed E-state index contributed by atoms with van der Waals surface area (Å²) in [6.45, 7) is 8.42. The summed E-state index contributed by atoms with van der Waals surface area (Å²) in [5.74, 6) is 0. The molecule has 1 rings (SSSR count). The number of thioether (sulfide) groups is 1. The molecule has 0 aromatic rings. The van der Waals surface area contributed by atoms with Crippen molar-refractivity contribution in [1.29, 1.82) is 0 Å². The molecule has 0 aliphatic carbocycles. The Morgan fingerprint density at radius 1 is 1.83 bits per heavy atom. The third kappa shape index (κ3) is 2.14. The lowest BCUT2D eigenvalue weighted by molar-refractivity contribution is 0.272. The highest BCUT2D eigenvalue weighted by atomic mass is 32.2. The van der Waals surface area contributed by atoms with Crippen molar-refractivity contribution in [2.75, 3.05) is 6.61 Å². The van der Waals surface area contributed by atoms with Crippen LogP contribution in [-0.2, 0) is 0 Å². The summed E-state index contributed by atoms with van der Waals surface area (Å²) in [4.78, 5) is 1.30. The Hall–Kier alpha value is -0.210. The normalized spacial score (nSPS) is 28.8. The SMILES string of the molecule is C=C(C)C1=CCC(C)(CCO)S1. The first-order valence-electron chi connectivity index (χ1n) is 4.23. The number of hydrogen-bond acceptors (Lipinski definition) is 2. The molecule has 1 aliphatic rings. The van der Waals surface area contributed by atoms with E-state index in [0.717, 1.165) is 18.4 Å². The van der Waals surface area contributed by atoms with E-state index in [0.29, 0.717) is 0 Å². The predicted molar refractivity (Wildman–Crippen MR) is 55.2 cm³/mol. The molecule has 68 valence electrons. The number of aliphatic hydroxyl groups is 1. The van der Waals surface area contributed by atoms with Crippen LogP contribution in [0.1, 0.15) is 26.7 Å². The second-order valence-electron chi connectivity index (χ2n) is 3.58. The van der Waals surface area contributed by atoms with E-state index in [1.165, 1.54) is 4.91 Å². The molecule has 0 aromatic carbocycles. The molecule has 0 radical (unpaired) electrons. The van der Waals surface area contributed by atoms with Crippen molar-refractivity contribution in [3.63, 3.8) is 0 Å². The Bertz CT molecular complexity index is 220. The zero-order valence-electron chi connectivity index (χ0n) is 7.76. The molecule has 1 aliphatic heterocycles. The zero-order valence-corrected chi connectivity index (χ0v) is 8.58. The second kappa shape index (κ2) is 3.67. The fraction of sp³-hybridized carbons (Fsp3) is 0.600. The van der Waals surface area contributed by atoms with Gasteiger partial charge >= 0.3 is 0 Å². The third-order valence-electron chi connectivity index (χ3n) is 2.14. The van der Waals surface area contributed by atoms with Crippen LogP contribution in [0, 0.1) is 0 Å². The molecular formula is C10H16OS. The Morgan fingerprint density at radius 3 is 2.92 bits per heavy atom. The maximum Gasteiger partial charge on any atom is 0.0444 e. The highest BCUT2D eigenvalue weighted by molar-refractivity contribution is 8.04. The van der Waals surface area contributed by atoms with Gasteiger partial charge in [-0.25, -0.2) is 0 Å². The minimum Gasteiger partial charge on any atom is -0.396 e. The van der Waals surface area contributed by atoms with Gasteiger partial charge < -0.3 is 5.11 Å². The molecule has 0 fully saturated rings. The van der Waals surface area contributed by atoms with E-state index in [4.69, 9.17) is 5.11 Å². The number of allylic oxidation sites excluding steroid dienone is 2. The smallest absolute Gasteiger partial charge is 0.0444 e. The van der Waals surface area contributed by atoms with Gasteiger partial charge in [0.15, 0.2) is 0 Å². The lowest BCUT2D eigenvalue weighted by Gasteiger charge is -2.22. The molecule has 1 atom stereocenters. The van der Waals surface area contributed by atoms with Gasteiger partial charge in [-0.05, 0) is 32.3 Å². The monoisotopic (exact) mass is 184 g/mol. The minimum atomic E-state index is 0.211. The van der Waals surface area contributed by atoms with Gasteiger partial charge in [-0.2, -0.15) is 0 Å². The molecule has 0 amide bonds. The standard InChI is InChI=1S/C10H16OS/c1-8(2)9-4-5-10(3,12-9)6-7-11/h4,11H,1,5-7H2,2-3H3. The van der Waals surface area contributed by atoms with E-state index < -0.39 is 0 Å². The number of aliphatic hydroxyl groups excluding tert-OH is 1. The molecule has 0 saturated heterocycles. The quantitative estimate of drug-likeness (QED) is 0.727. The van der Waals surface area contributed by atoms with Gasteiger partial charge in [-0.15, -0.1) is 11.8 Å². The van der Waals surface area contributed by atoms with Crippen LogP contribution >= 0.6 is 11.8 Å². The summed E-state index contributed by atoms with van der Waals surface area (Å²) in [6.07, 6.45) is 4.15. The minimum absolute atomic E-state index is 0.211. The molecule has 1 N–H and O–H groups in total. The van der Waals surface area contributed by atoms with Gasteiger partial charge in [0.2, 0.25) is 0 Å². The summed E-state index contributed by atoms with van der Waals surface area (Å²) < 4.78 is 0.211. The van der Waals surface area contributed by atoms with Crippen molar-refractivity contribution in [1.82, 2.24) is 0 Å². The first-order valence-corrected chi connectivity index (χ1v) is 5.05. The van der Waals surface area contributed by atoms with Crippen LogP contribution in [0.4, 0.5) is 0 Å².